The van der Waals surface area contributed by atoms with E-state index in [1.807, 2.05) is 13.8 Å². The van der Waals surface area contributed by atoms with E-state index in [0.29, 0.717) is 6.10 Å². The molecule has 2 heteroatoms. The lowest BCUT2D eigenvalue weighted by atomic mass is 10.3. The molecule has 0 aliphatic carbocycles. The summed E-state index contributed by atoms with van der Waals surface area (Å²) < 4.78 is 5.22. The molecule has 1 aliphatic rings. The van der Waals surface area contributed by atoms with Gasteiger partial charge in [-0.1, -0.05) is 13.8 Å². The van der Waals surface area contributed by atoms with E-state index in [-0.39, 0.29) is 0 Å². The van der Waals surface area contributed by atoms with E-state index in [1.165, 1.54) is 0 Å². The van der Waals surface area contributed by atoms with Crippen LogP contribution in [0.2, 0.25) is 0 Å². The van der Waals surface area contributed by atoms with Crippen molar-refractivity contribution in [3.8, 4) is 0 Å². The van der Waals surface area contributed by atoms with Crippen LogP contribution < -0.4 is 5.32 Å². The molecule has 1 N–H and O–H groups in total. The van der Waals surface area contributed by atoms with Gasteiger partial charge < -0.3 is 10.1 Å². The highest BCUT2D eigenvalue weighted by molar-refractivity contribution is 4.59. The maximum absolute atomic E-state index is 5.22. The lowest BCUT2D eigenvalue weighted by Gasteiger charge is -2.18. The Labute approximate surface area is 57.6 Å². The molecule has 0 aromatic heterocycles. The summed E-state index contributed by atoms with van der Waals surface area (Å²) in [7, 11) is 0. The Morgan fingerprint density at radius 2 is 2.11 bits per heavy atom. The zero-order valence-electron chi connectivity index (χ0n) is 6.61. The second kappa shape index (κ2) is 6.05. The fraction of sp³-hybridized carbons (Fsp3) is 1.00. The first-order chi connectivity index (χ1) is 4.39. The van der Waals surface area contributed by atoms with Crippen LogP contribution in [0, 0.1) is 0 Å². The van der Waals surface area contributed by atoms with Gasteiger partial charge in [-0.05, 0) is 6.92 Å². The van der Waals surface area contributed by atoms with Gasteiger partial charge in [0.05, 0.1) is 12.7 Å². The molecule has 1 heterocycles. The summed E-state index contributed by atoms with van der Waals surface area (Å²) in [6, 6.07) is 0. The maximum Gasteiger partial charge on any atom is 0.0672 e. The van der Waals surface area contributed by atoms with Gasteiger partial charge in [0, 0.05) is 13.1 Å². The van der Waals surface area contributed by atoms with Gasteiger partial charge in [0.15, 0.2) is 0 Å². The van der Waals surface area contributed by atoms with Gasteiger partial charge >= 0.3 is 0 Å². The summed E-state index contributed by atoms with van der Waals surface area (Å²) in [5.74, 6) is 0. The van der Waals surface area contributed by atoms with Crippen LogP contribution >= 0.6 is 0 Å². The first-order valence-electron chi connectivity index (χ1n) is 3.72. The molecule has 0 aromatic rings. The van der Waals surface area contributed by atoms with Gasteiger partial charge in [-0.3, -0.25) is 0 Å². The molecule has 56 valence electrons. The predicted octanol–water partition coefficient (Wildman–Crippen LogP) is 1.02. The quantitative estimate of drug-likeness (QED) is 0.530. The smallest absolute Gasteiger partial charge is 0.0672 e. The third-order valence-electron chi connectivity index (χ3n) is 1.11. The molecule has 0 spiro atoms. The molecule has 0 unspecified atom stereocenters. The summed E-state index contributed by atoms with van der Waals surface area (Å²) in [6.07, 6.45) is 0.425. The molecule has 2 nitrogen and oxygen atoms in total. The molecule has 1 rings (SSSR count). The number of rotatable bonds is 0. The van der Waals surface area contributed by atoms with Crippen LogP contribution in [0.1, 0.15) is 20.8 Å². The topological polar surface area (TPSA) is 21.3 Å². The zero-order chi connectivity index (χ0) is 7.11. The molecule has 1 saturated heterocycles. The van der Waals surface area contributed by atoms with Crippen molar-refractivity contribution in [1.29, 1.82) is 0 Å². The van der Waals surface area contributed by atoms with Crippen LogP contribution in [-0.2, 0) is 4.74 Å². The Morgan fingerprint density at radius 3 is 2.33 bits per heavy atom. The Balaban J connectivity index is 0.000000291. The van der Waals surface area contributed by atoms with Crippen LogP contribution in [0.3, 0.4) is 0 Å². The standard InChI is InChI=1S/C5H11NO.C2H6/c1-5-4-6-2-3-7-5;1-2/h5-6H,2-4H2,1H3;1-2H3/t5-;/m1./s1. The van der Waals surface area contributed by atoms with Crippen molar-refractivity contribution >= 4 is 0 Å². The van der Waals surface area contributed by atoms with E-state index in [2.05, 4.69) is 12.2 Å². The average Bonchev–Trinajstić information content (AvgIpc) is 1.94. The summed E-state index contributed by atoms with van der Waals surface area (Å²) >= 11 is 0. The molecular formula is C7H17NO. The van der Waals surface area contributed by atoms with Gasteiger partial charge in [0.2, 0.25) is 0 Å². The van der Waals surface area contributed by atoms with Crippen molar-refractivity contribution in [2.24, 2.45) is 0 Å². The fourth-order valence-corrected chi connectivity index (χ4v) is 0.697. The number of hydrogen-bond acceptors (Lipinski definition) is 2. The van der Waals surface area contributed by atoms with Gasteiger partial charge in [0.25, 0.3) is 0 Å². The molecule has 0 aromatic carbocycles. The molecule has 0 bridgehead atoms. The average molecular weight is 131 g/mol. The maximum atomic E-state index is 5.22. The van der Waals surface area contributed by atoms with E-state index in [4.69, 9.17) is 4.74 Å². The minimum atomic E-state index is 0.425. The molecule has 0 radical (unpaired) electrons. The Bertz CT molecular complexity index is 50.9. The minimum absolute atomic E-state index is 0.425. The van der Waals surface area contributed by atoms with Gasteiger partial charge in [-0.2, -0.15) is 0 Å². The lowest BCUT2D eigenvalue weighted by molar-refractivity contribution is 0.0410. The fourth-order valence-electron chi connectivity index (χ4n) is 0.697. The van der Waals surface area contributed by atoms with E-state index < -0.39 is 0 Å². The Morgan fingerprint density at radius 1 is 1.44 bits per heavy atom. The molecular weight excluding hydrogens is 114 g/mol. The van der Waals surface area contributed by atoms with Crippen molar-refractivity contribution in [3.05, 3.63) is 0 Å². The van der Waals surface area contributed by atoms with Crippen LogP contribution in [0.25, 0.3) is 0 Å². The SMILES string of the molecule is CC.C[C@@H]1CNCCO1. The third kappa shape index (κ3) is 4.43. The molecule has 1 atom stereocenters. The molecule has 0 saturated carbocycles. The molecule has 1 fully saturated rings. The van der Waals surface area contributed by atoms with Crippen LogP contribution in [-0.4, -0.2) is 25.8 Å². The van der Waals surface area contributed by atoms with Crippen LogP contribution in [0.15, 0.2) is 0 Å². The molecule has 9 heavy (non-hydrogen) atoms. The van der Waals surface area contributed by atoms with E-state index >= 15 is 0 Å². The Hall–Kier alpha value is -0.0800. The zero-order valence-corrected chi connectivity index (χ0v) is 6.61. The van der Waals surface area contributed by atoms with E-state index in [9.17, 15) is 0 Å². The van der Waals surface area contributed by atoms with Crippen LogP contribution in [0.5, 0.6) is 0 Å². The summed E-state index contributed by atoms with van der Waals surface area (Å²) in [5.41, 5.74) is 0. The number of ether oxygens (including phenoxy) is 1. The monoisotopic (exact) mass is 131 g/mol. The van der Waals surface area contributed by atoms with Gasteiger partial charge in [0.1, 0.15) is 0 Å². The predicted molar refractivity (Wildman–Crippen MR) is 39.6 cm³/mol. The summed E-state index contributed by atoms with van der Waals surface area (Å²) in [4.78, 5) is 0. The van der Waals surface area contributed by atoms with E-state index in [1.54, 1.807) is 0 Å². The second-order valence-corrected chi connectivity index (χ2v) is 1.89. The highest BCUT2D eigenvalue weighted by Crippen LogP contribution is 1.91. The third-order valence-corrected chi connectivity index (χ3v) is 1.11. The van der Waals surface area contributed by atoms with Gasteiger partial charge in [-0.25, -0.2) is 0 Å². The molecule has 0 amide bonds. The largest absolute Gasteiger partial charge is 0.376 e. The lowest BCUT2D eigenvalue weighted by Crippen LogP contribution is -2.36. The van der Waals surface area contributed by atoms with Crippen molar-refractivity contribution < 1.29 is 4.74 Å². The Kier molecular flexibility index (Phi) is 5.99. The van der Waals surface area contributed by atoms with Crippen molar-refractivity contribution in [1.82, 2.24) is 5.32 Å². The second-order valence-electron chi connectivity index (χ2n) is 1.89. The first kappa shape index (κ1) is 8.92. The van der Waals surface area contributed by atoms with Crippen molar-refractivity contribution in [3.63, 3.8) is 0 Å². The first-order valence-corrected chi connectivity index (χ1v) is 3.72. The highest BCUT2D eigenvalue weighted by atomic mass is 16.5. The van der Waals surface area contributed by atoms with E-state index in [0.717, 1.165) is 19.7 Å². The number of nitrogens with one attached hydrogen (secondary N) is 1. The van der Waals surface area contributed by atoms with Crippen molar-refractivity contribution in [2.75, 3.05) is 19.7 Å². The van der Waals surface area contributed by atoms with Gasteiger partial charge in [-0.15, -0.1) is 0 Å². The van der Waals surface area contributed by atoms with Crippen LogP contribution in [0.4, 0.5) is 0 Å². The number of hydrogen-bond donors (Lipinski definition) is 1. The highest BCUT2D eigenvalue weighted by Gasteiger charge is 2.04. The summed E-state index contributed by atoms with van der Waals surface area (Å²) in [6.45, 7) is 8.98. The normalized spacial score (nSPS) is 26.3. The number of morpholine rings is 1. The summed E-state index contributed by atoms with van der Waals surface area (Å²) in [5, 5.41) is 3.21. The molecule has 1 aliphatic heterocycles. The van der Waals surface area contributed by atoms with Crippen molar-refractivity contribution in [2.45, 2.75) is 26.9 Å². The minimum Gasteiger partial charge on any atom is -0.376 e.